The normalized spacial score (nSPS) is 23.6. The summed E-state index contributed by atoms with van der Waals surface area (Å²) in [7, 11) is 0. The number of aromatic nitrogens is 3. The Kier molecular flexibility index (Phi) is 3.61. The van der Waals surface area contributed by atoms with Gasteiger partial charge < -0.3 is 9.84 Å². The van der Waals surface area contributed by atoms with Crippen LogP contribution in [0.1, 0.15) is 38.5 Å². The second-order valence-electron chi connectivity index (χ2n) is 5.11. The smallest absolute Gasteiger partial charge is 0.234 e. The lowest BCUT2D eigenvalue weighted by molar-refractivity contribution is 0.213. The molecule has 1 N–H and O–H groups in total. The van der Waals surface area contributed by atoms with Gasteiger partial charge in [-0.05, 0) is 25.8 Å². The number of nitrogens with zero attached hydrogens (tertiary/aromatic N) is 3. The molecule has 5 nitrogen and oxygen atoms in total. The van der Waals surface area contributed by atoms with E-state index >= 15 is 0 Å². The predicted octanol–water partition coefficient (Wildman–Crippen LogP) is 2.61. The van der Waals surface area contributed by atoms with Crippen molar-refractivity contribution in [3.05, 3.63) is 16.8 Å². The van der Waals surface area contributed by atoms with E-state index in [4.69, 9.17) is 4.52 Å². The van der Waals surface area contributed by atoms with Gasteiger partial charge in [0.1, 0.15) is 5.69 Å². The molecule has 0 radical (unpaired) electrons. The Labute approximate surface area is 116 Å². The summed E-state index contributed by atoms with van der Waals surface area (Å²) in [4.78, 5) is 8.83. The average Bonchev–Trinajstić information content (AvgIpc) is 3.11. The van der Waals surface area contributed by atoms with Crippen molar-refractivity contribution in [2.75, 3.05) is 13.1 Å². The Morgan fingerprint density at radius 3 is 3.16 bits per heavy atom. The van der Waals surface area contributed by atoms with Crippen molar-refractivity contribution in [3.63, 3.8) is 0 Å². The molecule has 2 aromatic heterocycles. The monoisotopic (exact) mass is 278 g/mol. The fourth-order valence-corrected chi connectivity index (χ4v) is 3.35. The first-order chi connectivity index (χ1) is 9.34. The number of rotatable bonds is 4. The summed E-state index contributed by atoms with van der Waals surface area (Å²) < 4.78 is 5.55. The van der Waals surface area contributed by atoms with Gasteiger partial charge in [0.2, 0.25) is 11.7 Å². The predicted molar refractivity (Wildman–Crippen MR) is 74.1 cm³/mol. The third kappa shape index (κ3) is 2.42. The van der Waals surface area contributed by atoms with Crippen LogP contribution in [0.2, 0.25) is 0 Å². The zero-order valence-corrected chi connectivity index (χ0v) is 11.9. The van der Waals surface area contributed by atoms with Crippen LogP contribution in [0.4, 0.5) is 0 Å². The molecule has 102 valence electrons. The number of hydrogen-bond donors (Lipinski definition) is 1. The Morgan fingerprint density at radius 1 is 1.53 bits per heavy atom. The molecule has 1 aliphatic heterocycles. The molecule has 1 saturated heterocycles. The molecule has 0 saturated carbocycles. The quantitative estimate of drug-likeness (QED) is 0.931. The molecule has 0 bridgehead atoms. The zero-order chi connectivity index (χ0) is 13.1. The van der Waals surface area contributed by atoms with Gasteiger partial charge in [0, 0.05) is 11.9 Å². The van der Waals surface area contributed by atoms with Crippen molar-refractivity contribution >= 4 is 11.3 Å². The first-order valence-electron chi connectivity index (χ1n) is 6.77. The average molecular weight is 278 g/mol. The van der Waals surface area contributed by atoms with Crippen LogP contribution in [0.3, 0.4) is 0 Å². The summed E-state index contributed by atoms with van der Waals surface area (Å²) in [6.45, 7) is 4.21. The molecule has 0 aliphatic carbocycles. The molecule has 19 heavy (non-hydrogen) atoms. The highest BCUT2D eigenvalue weighted by Gasteiger charge is 2.38. The summed E-state index contributed by atoms with van der Waals surface area (Å²) in [5, 5.41) is 9.50. The highest BCUT2D eigenvalue weighted by Crippen LogP contribution is 2.35. The summed E-state index contributed by atoms with van der Waals surface area (Å²) in [5.41, 5.74) is 2.60. The van der Waals surface area contributed by atoms with E-state index in [2.05, 4.69) is 27.4 Å². The van der Waals surface area contributed by atoms with E-state index in [0.29, 0.717) is 5.82 Å². The van der Waals surface area contributed by atoms with E-state index in [1.807, 2.05) is 5.38 Å². The van der Waals surface area contributed by atoms with Crippen LogP contribution in [0.25, 0.3) is 11.5 Å². The Balaban J connectivity index is 1.90. The lowest BCUT2D eigenvalue weighted by Crippen LogP contribution is -2.43. The second-order valence-corrected chi connectivity index (χ2v) is 5.83. The van der Waals surface area contributed by atoms with E-state index in [-0.39, 0.29) is 5.41 Å². The minimum Gasteiger partial charge on any atom is -0.338 e. The Bertz CT molecular complexity index is 511. The van der Waals surface area contributed by atoms with Gasteiger partial charge in [0.05, 0.1) is 10.9 Å². The van der Waals surface area contributed by atoms with Gasteiger partial charge in [-0.25, -0.2) is 4.98 Å². The summed E-state index contributed by atoms with van der Waals surface area (Å²) in [6, 6.07) is 0. The molecule has 2 aromatic rings. The van der Waals surface area contributed by atoms with Crippen LogP contribution in [-0.4, -0.2) is 28.2 Å². The van der Waals surface area contributed by atoms with E-state index in [1.165, 1.54) is 0 Å². The molecule has 1 aliphatic rings. The number of thiazole rings is 1. The van der Waals surface area contributed by atoms with Crippen molar-refractivity contribution < 1.29 is 4.52 Å². The number of piperidine rings is 1. The highest BCUT2D eigenvalue weighted by molar-refractivity contribution is 7.07. The maximum atomic E-state index is 5.55. The molecule has 3 heterocycles. The molecule has 0 spiro atoms. The van der Waals surface area contributed by atoms with E-state index in [9.17, 15) is 0 Å². The minimum atomic E-state index is 0.00821. The van der Waals surface area contributed by atoms with E-state index < -0.39 is 0 Å². The van der Waals surface area contributed by atoms with Gasteiger partial charge in [0.25, 0.3) is 0 Å². The number of nitrogens with one attached hydrogen (secondary N) is 1. The summed E-state index contributed by atoms with van der Waals surface area (Å²) in [6.07, 6.45) is 4.48. The van der Waals surface area contributed by atoms with Gasteiger partial charge in [-0.2, -0.15) is 4.98 Å². The Morgan fingerprint density at radius 2 is 2.47 bits per heavy atom. The van der Waals surface area contributed by atoms with Crippen LogP contribution < -0.4 is 5.32 Å². The third-order valence-corrected chi connectivity index (χ3v) is 4.33. The molecule has 1 fully saturated rings. The molecule has 6 heteroatoms. The van der Waals surface area contributed by atoms with Gasteiger partial charge in [-0.15, -0.1) is 11.3 Å². The fraction of sp³-hybridized carbons (Fsp3) is 0.615. The van der Waals surface area contributed by atoms with Crippen LogP contribution in [-0.2, 0) is 5.41 Å². The molecule has 0 aromatic carbocycles. The molecular formula is C13H18N4OS. The molecule has 0 amide bonds. The minimum absolute atomic E-state index is 0.00821. The first kappa shape index (κ1) is 12.7. The fourth-order valence-electron chi connectivity index (χ4n) is 2.82. The summed E-state index contributed by atoms with van der Waals surface area (Å²) in [5.74, 6) is 1.38. The molecule has 3 rings (SSSR count). The maximum Gasteiger partial charge on any atom is 0.234 e. The van der Waals surface area contributed by atoms with E-state index in [1.54, 1.807) is 16.8 Å². The molecule has 1 unspecified atom stereocenters. The van der Waals surface area contributed by atoms with Gasteiger partial charge >= 0.3 is 0 Å². The van der Waals surface area contributed by atoms with E-state index in [0.717, 1.165) is 50.4 Å². The van der Waals surface area contributed by atoms with Gasteiger partial charge in [-0.1, -0.05) is 18.5 Å². The van der Waals surface area contributed by atoms with Crippen molar-refractivity contribution in [1.82, 2.24) is 20.4 Å². The number of hydrogen-bond acceptors (Lipinski definition) is 6. The van der Waals surface area contributed by atoms with Gasteiger partial charge in [-0.3, -0.25) is 0 Å². The van der Waals surface area contributed by atoms with Gasteiger partial charge in [0.15, 0.2) is 0 Å². The van der Waals surface area contributed by atoms with Crippen molar-refractivity contribution in [1.29, 1.82) is 0 Å². The SMILES string of the molecule is CCCC1(c2nc(-c3cscn3)no2)CCCNC1. The van der Waals surface area contributed by atoms with Crippen LogP contribution in [0.5, 0.6) is 0 Å². The largest absolute Gasteiger partial charge is 0.338 e. The highest BCUT2D eigenvalue weighted by atomic mass is 32.1. The van der Waals surface area contributed by atoms with Crippen molar-refractivity contribution in [3.8, 4) is 11.5 Å². The maximum absolute atomic E-state index is 5.55. The van der Waals surface area contributed by atoms with Crippen LogP contribution in [0, 0.1) is 0 Å². The first-order valence-corrected chi connectivity index (χ1v) is 7.72. The molecule has 1 atom stereocenters. The van der Waals surface area contributed by atoms with Crippen molar-refractivity contribution in [2.24, 2.45) is 0 Å². The molecular weight excluding hydrogens is 260 g/mol. The zero-order valence-electron chi connectivity index (χ0n) is 11.1. The van der Waals surface area contributed by atoms with Crippen molar-refractivity contribution in [2.45, 2.75) is 38.0 Å². The second kappa shape index (κ2) is 5.38. The standard InChI is InChI=1S/C13H18N4OS/c1-2-4-13(5-3-6-14-8-13)12-16-11(17-18-12)10-7-19-9-15-10/h7,9,14H,2-6,8H2,1H3. The topological polar surface area (TPSA) is 63.8 Å². The Hall–Kier alpha value is -1.27. The lowest BCUT2D eigenvalue weighted by Gasteiger charge is -2.34. The lowest BCUT2D eigenvalue weighted by atomic mass is 9.77. The van der Waals surface area contributed by atoms with Crippen LogP contribution >= 0.6 is 11.3 Å². The van der Waals surface area contributed by atoms with Crippen LogP contribution in [0.15, 0.2) is 15.4 Å². The summed E-state index contributed by atoms with van der Waals surface area (Å²) >= 11 is 1.54. The third-order valence-electron chi connectivity index (χ3n) is 3.74.